The lowest BCUT2D eigenvalue weighted by Crippen LogP contribution is -2.39. The van der Waals surface area contributed by atoms with E-state index >= 15 is 0 Å². The van der Waals surface area contributed by atoms with Crippen LogP contribution in [0.25, 0.3) is 0 Å². The molecule has 3 nitrogen and oxygen atoms in total. The van der Waals surface area contributed by atoms with E-state index in [4.69, 9.17) is 0 Å². The number of halogens is 1. The highest BCUT2D eigenvalue weighted by molar-refractivity contribution is 6.46. The van der Waals surface area contributed by atoms with Gasteiger partial charge in [0.05, 0.1) is 0 Å². The first-order valence-electron chi connectivity index (χ1n) is 5.87. The van der Waals surface area contributed by atoms with Gasteiger partial charge < -0.3 is 5.32 Å². The Hall–Kier alpha value is -1.71. The average Bonchev–Trinajstić information content (AvgIpc) is 2.87. The topological polar surface area (TPSA) is 41.5 Å². The summed E-state index contributed by atoms with van der Waals surface area (Å²) in [6.45, 7) is 0. The van der Waals surface area contributed by atoms with E-state index < -0.39 is 5.66 Å². The van der Waals surface area contributed by atoms with Gasteiger partial charge in [0.25, 0.3) is 5.91 Å². The first-order valence-corrected chi connectivity index (χ1v) is 5.87. The normalized spacial score (nSPS) is 21.7. The molecule has 0 bridgehead atoms. The quantitative estimate of drug-likeness (QED) is 0.790. The Morgan fingerprint density at radius 3 is 2.76 bits per heavy atom. The van der Waals surface area contributed by atoms with Crippen LogP contribution in [0.15, 0.2) is 29.3 Å². The maximum absolute atomic E-state index is 13.1. The second kappa shape index (κ2) is 3.65. The molecule has 1 N–H and O–H groups in total. The van der Waals surface area contributed by atoms with E-state index in [1.165, 1.54) is 12.1 Å². The van der Waals surface area contributed by atoms with Crippen LogP contribution in [0, 0.1) is 5.82 Å². The van der Waals surface area contributed by atoms with Crippen molar-refractivity contribution in [3.8, 4) is 0 Å². The molecule has 1 aliphatic carbocycles. The van der Waals surface area contributed by atoms with Gasteiger partial charge in [-0.2, -0.15) is 0 Å². The third kappa shape index (κ3) is 1.73. The summed E-state index contributed by atoms with van der Waals surface area (Å²) in [5.41, 5.74) is 0.524. The molecule has 0 atom stereocenters. The summed E-state index contributed by atoms with van der Waals surface area (Å²) < 4.78 is 13.1. The number of hydrogen-bond donors (Lipinski definition) is 1. The molecule has 1 aliphatic heterocycles. The van der Waals surface area contributed by atoms with E-state index in [2.05, 4.69) is 10.3 Å². The van der Waals surface area contributed by atoms with Gasteiger partial charge in [-0.15, -0.1) is 0 Å². The van der Waals surface area contributed by atoms with Crippen LogP contribution in [-0.2, 0) is 4.79 Å². The molecule has 1 heterocycles. The van der Waals surface area contributed by atoms with E-state index in [0.29, 0.717) is 11.3 Å². The van der Waals surface area contributed by atoms with Gasteiger partial charge in [0.15, 0.2) is 0 Å². The highest BCUT2D eigenvalue weighted by Crippen LogP contribution is 2.34. The summed E-state index contributed by atoms with van der Waals surface area (Å²) in [5, 5.41) is 2.93. The third-order valence-electron chi connectivity index (χ3n) is 3.42. The van der Waals surface area contributed by atoms with Gasteiger partial charge in [-0.3, -0.25) is 9.79 Å². The predicted molar refractivity (Wildman–Crippen MR) is 62.3 cm³/mol. The second-order valence-corrected chi connectivity index (χ2v) is 4.66. The van der Waals surface area contributed by atoms with Crippen LogP contribution >= 0.6 is 0 Å². The SMILES string of the molecule is O=C1NC2(CCCC2)N=C1c1cccc(F)c1. The molecule has 1 amide bonds. The Morgan fingerprint density at radius 1 is 1.29 bits per heavy atom. The zero-order valence-corrected chi connectivity index (χ0v) is 9.37. The molecule has 1 spiro atoms. The van der Waals surface area contributed by atoms with E-state index in [0.717, 1.165) is 25.7 Å². The zero-order chi connectivity index (χ0) is 11.9. The summed E-state index contributed by atoms with van der Waals surface area (Å²) in [4.78, 5) is 16.4. The van der Waals surface area contributed by atoms with Crippen molar-refractivity contribution in [3.05, 3.63) is 35.6 Å². The lowest BCUT2D eigenvalue weighted by molar-refractivity contribution is -0.115. The standard InChI is InChI=1S/C13H13FN2O/c14-10-5-3-4-9(8-10)11-12(17)16-13(15-11)6-1-2-7-13/h3-5,8H,1-2,6-7H2,(H,16,17). The Bertz CT molecular complexity index is 504. The van der Waals surface area contributed by atoms with Crippen molar-refractivity contribution in [2.45, 2.75) is 31.3 Å². The molecule has 2 aliphatic rings. The van der Waals surface area contributed by atoms with Crippen molar-refractivity contribution < 1.29 is 9.18 Å². The molecule has 1 aromatic carbocycles. The number of benzene rings is 1. The van der Waals surface area contributed by atoms with Gasteiger partial charge in [-0.25, -0.2) is 4.39 Å². The van der Waals surface area contributed by atoms with Gasteiger partial charge in [0, 0.05) is 5.56 Å². The molecule has 1 fully saturated rings. The van der Waals surface area contributed by atoms with Gasteiger partial charge >= 0.3 is 0 Å². The van der Waals surface area contributed by atoms with E-state index in [-0.39, 0.29) is 11.7 Å². The largest absolute Gasteiger partial charge is 0.326 e. The second-order valence-electron chi connectivity index (χ2n) is 4.66. The summed E-state index contributed by atoms with van der Waals surface area (Å²) in [5.74, 6) is -0.525. The van der Waals surface area contributed by atoms with Crippen LogP contribution in [0.2, 0.25) is 0 Å². The molecule has 0 aromatic heterocycles. The lowest BCUT2D eigenvalue weighted by Gasteiger charge is -2.18. The van der Waals surface area contributed by atoms with Crippen molar-refractivity contribution in [1.29, 1.82) is 0 Å². The number of rotatable bonds is 1. The summed E-state index contributed by atoms with van der Waals surface area (Å²) in [6, 6.07) is 6.03. The molecule has 0 saturated heterocycles. The minimum atomic E-state index is -0.404. The zero-order valence-electron chi connectivity index (χ0n) is 9.37. The molecule has 0 unspecified atom stereocenters. The fourth-order valence-corrected chi connectivity index (χ4v) is 2.59. The van der Waals surface area contributed by atoms with Crippen LogP contribution in [0.5, 0.6) is 0 Å². The monoisotopic (exact) mass is 232 g/mol. The maximum atomic E-state index is 13.1. The summed E-state index contributed by atoms with van der Waals surface area (Å²) >= 11 is 0. The molecule has 1 saturated carbocycles. The number of aliphatic imine (C=N–C) groups is 1. The Balaban J connectivity index is 2.00. The average molecular weight is 232 g/mol. The van der Waals surface area contributed by atoms with Crippen molar-refractivity contribution in [2.75, 3.05) is 0 Å². The number of nitrogens with zero attached hydrogens (tertiary/aromatic N) is 1. The Kier molecular flexibility index (Phi) is 2.24. The number of nitrogens with one attached hydrogen (secondary N) is 1. The fraction of sp³-hybridized carbons (Fsp3) is 0.385. The van der Waals surface area contributed by atoms with Gasteiger partial charge in [-0.1, -0.05) is 12.1 Å². The first-order chi connectivity index (χ1) is 8.19. The summed E-state index contributed by atoms with van der Waals surface area (Å²) in [6.07, 6.45) is 3.94. The minimum Gasteiger partial charge on any atom is -0.326 e. The Morgan fingerprint density at radius 2 is 2.06 bits per heavy atom. The molecular weight excluding hydrogens is 219 g/mol. The first kappa shape index (κ1) is 10.4. The Labute approximate surface area is 98.7 Å². The number of amides is 1. The van der Waals surface area contributed by atoms with Crippen LogP contribution in [0.3, 0.4) is 0 Å². The highest BCUT2D eigenvalue weighted by atomic mass is 19.1. The summed E-state index contributed by atoms with van der Waals surface area (Å²) in [7, 11) is 0. The van der Waals surface area contributed by atoms with Crippen molar-refractivity contribution >= 4 is 11.6 Å². The number of carbonyl (C=O) groups excluding carboxylic acids is 1. The third-order valence-corrected chi connectivity index (χ3v) is 3.42. The predicted octanol–water partition coefficient (Wildman–Crippen LogP) is 2.01. The molecule has 88 valence electrons. The maximum Gasteiger partial charge on any atom is 0.272 e. The van der Waals surface area contributed by atoms with Crippen LogP contribution in [0.1, 0.15) is 31.2 Å². The number of carbonyl (C=O) groups is 1. The molecule has 3 rings (SSSR count). The minimum absolute atomic E-state index is 0.183. The van der Waals surface area contributed by atoms with Crippen LogP contribution in [0.4, 0.5) is 4.39 Å². The lowest BCUT2D eigenvalue weighted by atomic mass is 10.1. The smallest absolute Gasteiger partial charge is 0.272 e. The van der Waals surface area contributed by atoms with Crippen molar-refractivity contribution in [3.63, 3.8) is 0 Å². The molecule has 17 heavy (non-hydrogen) atoms. The van der Waals surface area contributed by atoms with Crippen molar-refractivity contribution in [1.82, 2.24) is 5.32 Å². The van der Waals surface area contributed by atoms with E-state index in [1.807, 2.05) is 0 Å². The van der Waals surface area contributed by atoms with Crippen LogP contribution < -0.4 is 5.32 Å². The molecule has 4 heteroatoms. The highest BCUT2D eigenvalue weighted by Gasteiger charge is 2.41. The number of hydrogen-bond acceptors (Lipinski definition) is 2. The van der Waals surface area contributed by atoms with E-state index in [1.54, 1.807) is 12.1 Å². The van der Waals surface area contributed by atoms with Gasteiger partial charge in [-0.05, 0) is 37.8 Å². The van der Waals surface area contributed by atoms with Crippen molar-refractivity contribution in [2.24, 2.45) is 4.99 Å². The molecule has 1 aromatic rings. The van der Waals surface area contributed by atoms with E-state index in [9.17, 15) is 9.18 Å². The molecular formula is C13H13FN2O. The van der Waals surface area contributed by atoms with Gasteiger partial charge in [0.2, 0.25) is 0 Å². The fourth-order valence-electron chi connectivity index (χ4n) is 2.59. The molecule has 0 radical (unpaired) electrons. The van der Waals surface area contributed by atoms with Crippen LogP contribution in [-0.4, -0.2) is 17.3 Å². The van der Waals surface area contributed by atoms with Gasteiger partial charge in [0.1, 0.15) is 17.2 Å².